The molecule has 1 N–H and O–H groups in total. The first-order chi connectivity index (χ1) is 8.02. The van der Waals surface area contributed by atoms with Gasteiger partial charge in [-0.15, -0.1) is 0 Å². The molecule has 0 bridgehead atoms. The first-order valence-electron chi connectivity index (χ1n) is 5.08. The Bertz CT molecular complexity index is 396. The number of carbonyl (C=O) groups excluding carboxylic acids is 1. The molecule has 1 rings (SSSR count). The number of carbonyl (C=O) groups is 2. The maximum Gasteiger partial charge on any atom is 0.344 e. The fraction of sp³-hybridized carbons (Fsp3) is 0.333. The van der Waals surface area contributed by atoms with Crippen LogP contribution in [-0.2, 0) is 20.7 Å². The van der Waals surface area contributed by atoms with E-state index in [1.54, 1.807) is 24.3 Å². The molecule has 0 saturated carbocycles. The largest absolute Gasteiger partial charge is 0.479 e. The van der Waals surface area contributed by atoms with Crippen LogP contribution in [0.5, 0.6) is 5.75 Å². The van der Waals surface area contributed by atoms with Crippen molar-refractivity contribution < 1.29 is 24.2 Å². The number of carboxylic acid groups (broad SMARTS) is 1. The van der Waals surface area contributed by atoms with Crippen LogP contribution in [0.4, 0.5) is 0 Å². The van der Waals surface area contributed by atoms with Crippen LogP contribution in [0.25, 0.3) is 0 Å². The molecule has 0 fully saturated rings. The van der Waals surface area contributed by atoms with Gasteiger partial charge in [0.15, 0.2) is 6.10 Å². The number of aliphatic carboxylic acids is 1. The van der Waals surface area contributed by atoms with E-state index >= 15 is 0 Å². The summed E-state index contributed by atoms with van der Waals surface area (Å²) in [5.74, 6) is -0.894. The number of esters is 1. The van der Waals surface area contributed by atoms with Gasteiger partial charge in [-0.2, -0.15) is 0 Å². The lowest BCUT2D eigenvalue weighted by atomic mass is 10.1. The van der Waals surface area contributed by atoms with Crippen molar-refractivity contribution in [2.45, 2.75) is 19.4 Å². The van der Waals surface area contributed by atoms with Crippen molar-refractivity contribution in [1.82, 2.24) is 0 Å². The smallest absolute Gasteiger partial charge is 0.344 e. The second kappa shape index (κ2) is 5.89. The van der Waals surface area contributed by atoms with Crippen molar-refractivity contribution in [1.29, 1.82) is 0 Å². The van der Waals surface area contributed by atoms with E-state index in [4.69, 9.17) is 9.84 Å². The Morgan fingerprint density at radius 1 is 1.29 bits per heavy atom. The van der Waals surface area contributed by atoms with Crippen LogP contribution in [0.15, 0.2) is 24.3 Å². The van der Waals surface area contributed by atoms with Gasteiger partial charge in [0.25, 0.3) is 0 Å². The Balaban J connectivity index is 2.62. The van der Waals surface area contributed by atoms with E-state index in [1.807, 2.05) is 0 Å². The van der Waals surface area contributed by atoms with E-state index in [2.05, 4.69) is 4.74 Å². The lowest BCUT2D eigenvalue weighted by Gasteiger charge is -2.10. The summed E-state index contributed by atoms with van der Waals surface area (Å²) in [4.78, 5) is 21.6. The molecule has 1 unspecified atom stereocenters. The second-order valence-electron chi connectivity index (χ2n) is 3.50. The average molecular weight is 238 g/mol. The Kier molecular flexibility index (Phi) is 4.51. The Labute approximate surface area is 99.0 Å². The van der Waals surface area contributed by atoms with Gasteiger partial charge in [-0.1, -0.05) is 12.1 Å². The Hall–Kier alpha value is -2.04. The summed E-state index contributed by atoms with van der Waals surface area (Å²) in [6.07, 6.45) is -0.716. The van der Waals surface area contributed by atoms with Crippen LogP contribution in [-0.4, -0.2) is 30.3 Å². The zero-order valence-electron chi connectivity index (χ0n) is 9.67. The minimum Gasteiger partial charge on any atom is -0.479 e. The van der Waals surface area contributed by atoms with Crippen molar-refractivity contribution in [3.05, 3.63) is 29.8 Å². The maximum absolute atomic E-state index is 11.0. The van der Waals surface area contributed by atoms with Crippen molar-refractivity contribution >= 4 is 11.9 Å². The molecule has 0 spiro atoms. The van der Waals surface area contributed by atoms with E-state index in [9.17, 15) is 9.59 Å². The van der Waals surface area contributed by atoms with E-state index < -0.39 is 12.1 Å². The zero-order valence-corrected chi connectivity index (χ0v) is 9.67. The summed E-state index contributed by atoms with van der Waals surface area (Å²) >= 11 is 0. The van der Waals surface area contributed by atoms with Crippen LogP contribution in [0, 0.1) is 0 Å². The van der Waals surface area contributed by atoms with Crippen molar-refractivity contribution in [3.8, 4) is 5.75 Å². The fourth-order valence-corrected chi connectivity index (χ4v) is 1.18. The zero-order chi connectivity index (χ0) is 12.8. The fourth-order valence-electron chi connectivity index (χ4n) is 1.18. The molecule has 1 atom stereocenters. The van der Waals surface area contributed by atoms with Crippen LogP contribution in [0.2, 0.25) is 0 Å². The van der Waals surface area contributed by atoms with Gasteiger partial charge in [-0.25, -0.2) is 4.79 Å². The van der Waals surface area contributed by atoms with E-state index in [-0.39, 0.29) is 12.4 Å². The minimum atomic E-state index is -1.02. The molecule has 1 aromatic rings. The first-order valence-corrected chi connectivity index (χ1v) is 5.08. The number of methoxy groups -OCH3 is 1. The van der Waals surface area contributed by atoms with Crippen LogP contribution in [0.1, 0.15) is 12.5 Å². The highest BCUT2D eigenvalue weighted by atomic mass is 16.5. The molecular weight excluding hydrogens is 224 g/mol. The highest BCUT2D eigenvalue weighted by molar-refractivity contribution is 5.73. The monoisotopic (exact) mass is 238 g/mol. The molecular formula is C12H14O5. The third-order valence-electron chi connectivity index (χ3n) is 2.16. The quantitative estimate of drug-likeness (QED) is 0.781. The van der Waals surface area contributed by atoms with Gasteiger partial charge < -0.3 is 14.6 Å². The highest BCUT2D eigenvalue weighted by Crippen LogP contribution is 2.14. The molecule has 0 radical (unpaired) electrons. The standard InChI is InChI=1S/C12H14O5/c1-8(12(14)15)17-10-5-3-9(4-6-10)7-11(13)16-2/h3-6,8H,7H2,1-2H3,(H,14,15). The molecule has 5 heteroatoms. The summed E-state index contributed by atoms with van der Waals surface area (Å²) in [7, 11) is 1.33. The summed E-state index contributed by atoms with van der Waals surface area (Å²) in [5.41, 5.74) is 0.784. The van der Waals surface area contributed by atoms with Gasteiger partial charge in [-0.3, -0.25) is 4.79 Å². The van der Waals surface area contributed by atoms with Crippen molar-refractivity contribution in [2.24, 2.45) is 0 Å². The molecule has 0 amide bonds. The van der Waals surface area contributed by atoms with Crippen LogP contribution in [0.3, 0.4) is 0 Å². The Morgan fingerprint density at radius 2 is 1.88 bits per heavy atom. The molecule has 0 heterocycles. The number of carboxylic acids is 1. The van der Waals surface area contributed by atoms with Crippen LogP contribution < -0.4 is 4.74 Å². The van der Waals surface area contributed by atoms with Gasteiger partial charge >= 0.3 is 11.9 Å². The van der Waals surface area contributed by atoms with E-state index in [0.717, 1.165) is 5.56 Å². The number of rotatable bonds is 5. The predicted octanol–water partition coefficient (Wildman–Crippen LogP) is 1.25. The number of hydrogen-bond donors (Lipinski definition) is 1. The molecule has 1 aromatic carbocycles. The van der Waals surface area contributed by atoms with Gasteiger partial charge in [0.2, 0.25) is 0 Å². The summed E-state index contributed by atoms with van der Waals surface area (Å²) in [5, 5.41) is 8.66. The molecule has 0 saturated heterocycles. The lowest BCUT2D eigenvalue weighted by Crippen LogP contribution is -2.22. The average Bonchev–Trinajstić information content (AvgIpc) is 2.31. The summed E-state index contributed by atoms with van der Waals surface area (Å²) in [6, 6.07) is 6.64. The molecule has 5 nitrogen and oxygen atoms in total. The minimum absolute atomic E-state index is 0.186. The Morgan fingerprint density at radius 3 is 2.35 bits per heavy atom. The van der Waals surface area contributed by atoms with Gasteiger partial charge in [0.1, 0.15) is 5.75 Å². The van der Waals surface area contributed by atoms with Crippen LogP contribution >= 0.6 is 0 Å². The van der Waals surface area contributed by atoms with Gasteiger partial charge in [0, 0.05) is 0 Å². The molecule has 0 aliphatic carbocycles. The summed E-state index contributed by atoms with van der Waals surface area (Å²) in [6.45, 7) is 1.45. The third kappa shape index (κ3) is 4.14. The normalized spacial score (nSPS) is 11.6. The predicted molar refractivity (Wildman–Crippen MR) is 59.9 cm³/mol. The van der Waals surface area contributed by atoms with E-state index in [0.29, 0.717) is 5.75 Å². The molecule has 0 aromatic heterocycles. The summed E-state index contributed by atoms with van der Waals surface area (Å²) < 4.78 is 9.68. The van der Waals surface area contributed by atoms with Gasteiger partial charge in [0.05, 0.1) is 13.5 Å². The van der Waals surface area contributed by atoms with E-state index in [1.165, 1.54) is 14.0 Å². The molecule has 92 valence electrons. The molecule has 0 aliphatic rings. The molecule has 0 aliphatic heterocycles. The SMILES string of the molecule is COC(=O)Cc1ccc(OC(C)C(=O)O)cc1. The first kappa shape index (κ1) is 13.0. The molecule has 17 heavy (non-hydrogen) atoms. The van der Waals surface area contributed by atoms with Crippen molar-refractivity contribution in [2.75, 3.05) is 7.11 Å². The topological polar surface area (TPSA) is 72.8 Å². The lowest BCUT2D eigenvalue weighted by molar-refractivity contribution is -0.144. The highest BCUT2D eigenvalue weighted by Gasteiger charge is 2.12. The number of ether oxygens (including phenoxy) is 2. The number of benzene rings is 1. The van der Waals surface area contributed by atoms with Gasteiger partial charge in [-0.05, 0) is 24.6 Å². The maximum atomic E-state index is 11.0. The second-order valence-corrected chi connectivity index (χ2v) is 3.50. The van der Waals surface area contributed by atoms with Crippen molar-refractivity contribution in [3.63, 3.8) is 0 Å². The third-order valence-corrected chi connectivity index (χ3v) is 2.16. The number of hydrogen-bond acceptors (Lipinski definition) is 4.